The lowest BCUT2D eigenvalue weighted by Crippen LogP contribution is -2.23. The van der Waals surface area contributed by atoms with Crippen LogP contribution >= 0.6 is 15.9 Å². The topological polar surface area (TPSA) is 85.1 Å². The maximum absolute atomic E-state index is 13.2. The number of halogens is 2. The molecule has 9 heteroatoms. The predicted molar refractivity (Wildman–Crippen MR) is 62.4 cm³/mol. The van der Waals surface area contributed by atoms with Gasteiger partial charge >= 0.3 is 0 Å². The molecule has 1 N–H and O–H groups in total. The molecule has 0 radical (unpaired) electrons. The molecule has 2 rings (SSSR count). The van der Waals surface area contributed by atoms with Crippen LogP contribution in [0.5, 0.6) is 0 Å². The lowest BCUT2D eigenvalue weighted by molar-refractivity contribution is 0.409. The van der Waals surface area contributed by atoms with Crippen LogP contribution in [0, 0.1) is 5.82 Å². The van der Waals surface area contributed by atoms with Gasteiger partial charge in [-0.2, -0.15) is 4.98 Å². The van der Waals surface area contributed by atoms with Crippen LogP contribution in [0.25, 0.3) is 0 Å². The van der Waals surface area contributed by atoms with Gasteiger partial charge < -0.3 is 4.52 Å². The summed E-state index contributed by atoms with van der Waals surface area (Å²) in [5.74, 6) is -0.464. The van der Waals surface area contributed by atoms with Gasteiger partial charge in [-0.1, -0.05) is 5.16 Å². The third kappa shape index (κ3) is 2.92. The van der Waals surface area contributed by atoms with Crippen molar-refractivity contribution < 1.29 is 17.3 Å². The van der Waals surface area contributed by atoms with E-state index in [-0.39, 0.29) is 21.7 Å². The van der Waals surface area contributed by atoms with Crippen molar-refractivity contribution in [1.82, 2.24) is 14.9 Å². The summed E-state index contributed by atoms with van der Waals surface area (Å²) in [6, 6.07) is 3.52. The van der Waals surface area contributed by atoms with Crippen LogP contribution in [0.1, 0.15) is 5.82 Å². The van der Waals surface area contributed by atoms with E-state index in [0.717, 1.165) is 12.5 Å². The number of hydrogen-bond acceptors (Lipinski definition) is 5. The Kier molecular flexibility index (Phi) is 3.73. The summed E-state index contributed by atoms with van der Waals surface area (Å²) in [4.78, 5) is 3.48. The van der Waals surface area contributed by atoms with Crippen LogP contribution in [0.3, 0.4) is 0 Å². The van der Waals surface area contributed by atoms with Gasteiger partial charge in [0.15, 0.2) is 5.82 Å². The van der Waals surface area contributed by atoms with Gasteiger partial charge in [0.2, 0.25) is 16.4 Å². The van der Waals surface area contributed by atoms with Crippen molar-refractivity contribution in [3.05, 3.63) is 40.7 Å². The highest BCUT2D eigenvalue weighted by Crippen LogP contribution is 2.19. The molecule has 1 heterocycles. The first-order valence-corrected chi connectivity index (χ1v) is 6.96. The standard InChI is InChI=1S/C9H7BrFN3O3S/c10-7-2-1-6(3-8(7)11)18(15,16)13-4-9-12-5-17-14-9/h1-3,5,13H,4H2. The molecule has 0 aliphatic carbocycles. The molecule has 1 aromatic carbocycles. The highest BCUT2D eigenvalue weighted by molar-refractivity contribution is 9.10. The lowest BCUT2D eigenvalue weighted by Gasteiger charge is -2.05. The molecule has 0 saturated heterocycles. The fraction of sp³-hybridized carbons (Fsp3) is 0.111. The molecule has 0 spiro atoms. The van der Waals surface area contributed by atoms with Crippen molar-refractivity contribution in [1.29, 1.82) is 0 Å². The third-order valence-electron chi connectivity index (χ3n) is 2.03. The van der Waals surface area contributed by atoms with E-state index in [1.165, 1.54) is 12.1 Å². The SMILES string of the molecule is O=S(=O)(NCc1ncon1)c1ccc(Br)c(F)c1. The zero-order chi connectivity index (χ0) is 13.2. The molecule has 0 unspecified atom stereocenters. The second-order valence-corrected chi connectivity index (χ2v) is 5.87. The largest absolute Gasteiger partial charge is 0.343 e. The monoisotopic (exact) mass is 335 g/mol. The molecule has 18 heavy (non-hydrogen) atoms. The quantitative estimate of drug-likeness (QED) is 0.913. The number of nitrogens with one attached hydrogen (secondary N) is 1. The van der Waals surface area contributed by atoms with E-state index < -0.39 is 15.8 Å². The van der Waals surface area contributed by atoms with E-state index in [4.69, 9.17) is 0 Å². The van der Waals surface area contributed by atoms with Gasteiger partial charge in [-0.3, -0.25) is 0 Å². The van der Waals surface area contributed by atoms with Crippen LogP contribution < -0.4 is 4.72 Å². The van der Waals surface area contributed by atoms with E-state index in [2.05, 4.69) is 35.3 Å². The smallest absolute Gasteiger partial charge is 0.241 e. The molecular weight excluding hydrogens is 329 g/mol. The zero-order valence-electron chi connectivity index (χ0n) is 8.80. The van der Waals surface area contributed by atoms with Gasteiger partial charge in [-0.05, 0) is 34.1 Å². The molecule has 96 valence electrons. The summed E-state index contributed by atoms with van der Waals surface area (Å²) < 4.78 is 43.7. The fourth-order valence-corrected chi connectivity index (χ4v) is 2.40. The number of benzene rings is 1. The van der Waals surface area contributed by atoms with Gasteiger partial charge in [0.05, 0.1) is 15.9 Å². The van der Waals surface area contributed by atoms with E-state index in [9.17, 15) is 12.8 Å². The first-order valence-electron chi connectivity index (χ1n) is 4.69. The predicted octanol–water partition coefficient (Wildman–Crippen LogP) is 1.45. The minimum absolute atomic E-state index is 0.128. The minimum Gasteiger partial charge on any atom is -0.343 e. The number of hydrogen-bond donors (Lipinski definition) is 1. The third-order valence-corrected chi connectivity index (χ3v) is 4.07. The molecule has 2 aromatic rings. The van der Waals surface area contributed by atoms with Gasteiger partial charge in [-0.25, -0.2) is 17.5 Å². The Hall–Kier alpha value is -1.32. The Labute approximate surface area is 110 Å². The summed E-state index contributed by atoms with van der Waals surface area (Å²) in [5, 5.41) is 3.45. The highest BCUT2D eigenvalue weighted by Gasteiger charge is 2.16. The van der Waals surface area contributed by atoms with Gasteiger partial charge in [0.1, 0.15) is 5.82 Å². The molecular formula is C9H7BrFN3O3S. The van der Waals surface area contributed by atoms with Crippen molar-refractivity contribution in [3.63, 3.8) is 0 Å². The summed E-state index contributed by atoms with van der Waals surface area (Å²) >= 11 is 2.94. The van der Waals surface area contributed by atoms with Gasteiger partial charge in [0.25, 0.3) is 0 Å². The lowest BCUT2D eigenvalue weighted by atomic mass is 10.3. The number of nitrogens with zero attached hydrogens (tertiary/aromatic N) is 2. The van der Waals surface area contributed by atoms with E-state index in [0.29, 0.717) is 0 Å². The average molecular weight is 336 g/mol. The van der Waals surface area contributed by atoms with E-state index in [1.807, 2.05) is 0 Å². The Morgan fingerprint density at radius 1 is 1.44 bits per heavy atom. The molecule has 0 aliphatic rings. The van der Waals surface area contributed by atoms with E-state index >= 15 is 0 Å². The van der Waals surface area contributed by atoms with Crippen LogP contribution in [-0.4, -0.2) is 18.6 Å². The van der Waals surface area contributed by atoms with Crippen LogP contribution in [0.4, 0.5) is 4.39 Å². The fourth-order valence-electron chi connectivity index (χ4n) is 1.16. The van der Waals surface area contributed by atoms with E-state index in [1.54, 1.807) is 0 Å². The van der Waals surface area contributed by atoms with Crippen LogP contribution in [0.15, 0.2) is 38.5 Å². The maximum atomic E-state index is 13.2. The normalized spacial score (nSPS) is 11.7. The highest BCUT2D eigenvalue weighted by atomic mass is 79.9. The Balaban J connectivity index is 2.17. The molecule has 1 aromatic heterocycles. The Morgan fingerprint density at radius 3 is 2.83 bits per heavy atom. The van der Waals surface area contributed by atoms with Crippen molar-refractivity contribution in [2.24, 2.45) is 0 Å². The number of rotatable bonds is 4. The molecule has 0 saturated carbocycles. The zero-order valence-corrected chi connectivity index (χ0v) is 11.2. The molecule has 0 atom stereocenters. The minimum atomic E-state index is -3.81. The molecule has 0 fully saturated rings. The second-order valence-electron chi connectivity index (χ2n) is 3.25. The van der Waals surface area contributed by atoms with Gasteiger partial charge in [0, 0.05) is 0 Å². The summed E-state index contributed by atoms with van der Waals surface area (Å²) in [6.07, 6.45) is 1.09. The molecule has 6 nitrogen and oxygen atoms in total. The summed E-state index contributed by atoms with van der Waals surface area (Å²) in [6.45, 7) is -0.128. The van der Waals surface area contributed by atoms with Crippen molar-refractivity contribution in [3.8, 4) is 0 Å². The Morgan fingerprint density at radius 2 is 2.22 bits per heavy atom. The van der Waals surface area contributed by atoms with Crippen LogP contribution in [0.2, 0.25) is 0 Å². The molecule has 0 bridgehead atoms. The molecule has 0 aliphatic heterocycles. The summed E-state index contributed by atoms with van der Waals surface area (Å²) in [7, 11) is -3.81. The average Bonchev–Trinajstić information content (AvgIpc) is 2.83. The first-order chi connectivity index (χ1) is 8.49. The van der Waals surface area contributed by atoms with Crippen molar-refractivity contribution >= 4 is 26.0 Å². The van der Waals surface area contributed by atoms with Crippen molar-refractivity contribution in [2.75, 3.05) is 0 Å². The maximum Gasteiger partial charge on any atom is 0.241 e. The number of aromatic nitrogens is 2. The second kappa shape index (κ2) is 5.12. The van der Waals surface area contributed by atoms with Gasteiger partial charge in [-0.15, -0.1) is 0 Å². The molecule has 0 amide bonds. The van der Waals surface area contributed by atoms with Crippen LogP contribution in [-0.2, 0) is 16.6 Å². The Bertz CT molecular complexity index is 645. The van der Waals surface area contributed by atoms with Crippen molar-refractivity contribution in [2.45, 2.75) is 11.4 Å². The first kappa shape index (κ1) is 13.1. The summed E-state index contributed by atoms with van der Waals surface area (Å²) in [5.41, 5.74) is 0. The number of sulfonamides is 1.